The number of unbranched alkanes of at least 4 members (excludes halogenated alkanes) is 1. The lowest BCUT2D eigenvalue weighted by atomic mass is 10.1. The summed E-state index contributed by atoms with van der Waals surface area (Å²) in [6.45, 7) is 1.76. The summed E-state index contributed by atoms with van der Waals surface area (Å²) in [7, 11) is -2.19. The Kier molecular flexibility index (Phi) is 5.64. The fraction of sp³-hybridized carbons (Fsp3) is 0.462. The highest BCUT2D eigenvalue weighted by molar-refractivity contribution is 7.91. The van der Waals surface area contributed by atoms with E-state index in [9.17, 15) is 17.6 Å². The van der Waals surface area contributed by atoms with Gasteiger partial charge < -0.3 is 9.84 Å². The molecule has 1 aromatic carbocycles. The summed E-state index contributed by atoms with van der Waals surface area (Å²) >= 11 is 0. The molecule has 0 aliphatic heterocycles. The van der Waals surface area contributed by atoms with Gasteiger partial charge in [0.1, 0.15) is 5.82 Å². The average Bonchev–Trinajstić information content (AvgIpc) is 2.37. The molecule has 0 radical (unpaired) electrons. The first-order chi connectivity index (χ1) is 9.29. The van der Waals surface area contributed by atoms with Crippen molar-refractivity contribution in [3.8, 4) is 0 Å². The normalized spacial score (nSPS) is 11.6. The van der Waals surface area contributed by atoms with Gasteiger partial charge in [-0.3, -0.25) is 0 Å². The van der Waals surface area contributed by atoms with Crippen LogP contribution in [0.2, 0.25) is 0 Å². The quantitative estimate of drug-likeness (QED) is 0.780. The predicted molar refractivity (Wildman–Crippen MR) is 71.3 cm³/mol. The molecule has 0 amide bonds. The number of hydrogen-bond donors (Lipinski definition) is 1. The molecule has 0 bridgehead atoms. The molecule has 5 nitrogen and oxygen atoms in total. The molecule has 20 heavy (non-hydrogen) atoms. The number of ether oxygens (including phenoxy) is 1. The van der Waals surface area contributed by atoms with E-state index < -0.39 is 21.6 Å². The number of carboxylic acids is 1. The van der Waals surface area contributed by atoms with E-state index in [1.165, 1.54) is 14.0 Å². The Bertz CT molecular complexity index is 595. The number of halogens is 1. The summed E-state index contributed by atoms with van der Waals surface area (Å²) in [5.74, 6) is -2.36. The molecule has 0 aliphatic rings. The van der Waals surface area contributed by atoms with Gasteiger partial charge in [0.2, 0.25) is 0 Å². The molecule has 0 saturated heterocycles. The summed E-state index contributed by atoms with van der Waals surface area (Å²) < 4.78 is 42.7. The lowest BCUT2D eigenvalue weighted by Gasteiger charge is -2.10. The molecule has 0 spiro atoms. The van der Waals surface area contributed by atoms with Gasteiger partial charge in [0.25, 0.3) is 0 Å². The molecule has 112 valence electrons. The molecule has 1 N–H and O–H groups in total. The second-order valence-corrected chi connectivity index (χ2v) is 6.48. The van der Waals surface area contributed by atoms with Gasteiger partial charge in [-0.2, -0.15) is 0 Å². The topological polar surface area (TPSA) is 80.7 Å². The van der Waals surface area contributed by atoms with Crippen molar-refractivity contribution in [1.29, 1.82) is 0 Å². The van der Waals surface area contributed by atoms with Gasteiger partial charge >= 0.3 is 5.97 Å². The Morgan fingerprint density at radius 3 is 2.55 bits per heavy atom. The van der Waals surface area contributed by atoms with Gasteiger partial charge in [-0.1, -0.05) is 0 Å². The standard InChI is InChI=1S/C13H17FO5S/c1-9-11(14)7-10(13(15)16)8-12(9)20(17,18)6-4-3-5-19-2/h7-8H,3-6H2,1-2H3,(H,15,16). The molecular formula is C13H17FO5S. The van der Waals surface area contributed by atoms with Crippen LogP contribution in [0.5, 0.6) is 0 Å². The Morgan fingerprint density at radius 2 is 2.00 bits per heavy atom. The van der Waals surface area contributed by atoms with E-state index in [2.05, 4.69) is 0 Å². The van der Waals surface area contributed by atoms with Crippen LogP contribution in [0.3, 0.4) is 0 Å². The summed E-state index contributed by atoms with van der Waals surface area (Å²) in [6, 6.07) is 1.83. The number of carboxylic acid groups (broad SMARTS) is 1. The third-order valence-corrected chi connectivity index (χ3v) is 4.81. The minimum atomic E-state index is -3.71. The van der Waals surface area contributed by atoms with Crippen LogP contribution in [0.25, 0.3) is 0 Å². The van der Waals surface area contributed by atoms with Gasteiger partial charge in [0.05, 0.1) is 16.2 Å². The summed E-state index contributed by atoms with van der Waals surface area (Å²) in [6.07, 6.45) is 0.935. The van der Waals surface area contributed by atoms with Crippen LogP contribution >= 0.6 is 0 Å². The zero-order valence-corrected chi connectivity index (χ0v) is 12.2. The predicted octanol–water partition coefficient (Wildman–Crippen LogP) is 2.03. The van der Waals surface area contributed by atoms with Gasteiger partial charge in [-0.05, 0) is 31.9 Å². The average molecular weight is 304 g/mol. The van der Waals surface area contributed by atoms with Gasteiger partial charge in [0.15, 0.2) is 9.84 Å². The number of hydrogen-bond acceptors (Lipinski definition) is 4. The third-order valence-electron chi connectivity index (χ3n) is 2.89. The van der Waals surface area contributed by atoms with Crippen LogP contribution in [-0.2, 0) is 14.6 Å². The van der Waals surface area contributed by atoms with Crippen LogP contribution in [0.15, 0.2) is 17.0 Å². The molecule has 7 heteroatoms. The van der Waals surface area contributed by atoms with E-state index in [0.717, 1.165) is 12.1 Å². The minimum Gasteiger partial charge on any atom is -0.478 e. The smallest absolute Gasteiger partial charge is 0.335 e. The number of sulfone groups is 1. The van der Waals surface area contributed by atoms with Crippen molar-refractivity contribution in [2.45, 2.75) is 24.7 Å². The largest absolute Gasteiger partial charge is 0.478 e. The highest BCUT2D eigenvalue weighted by Crippen LogP contribution is 2.22. The fourth-order valence-corrected chi connectivity index (χ4v) is 3.42. The minimum absolute atomic E-state index is 0.0539. The summed E-state index contributed by atoms with van der Waals surface area (Å²) in [5.41, 5.74) is -0.426. The third kappa shape index (κ3) is 4.01. The Morgan fingerprint density at radius 1 is 1.35 bits per heavy atom. The molecule has 0 heterocycles. The Balaban J connectivity index is 3.07. The number of rotatable bonds is 7. The zero-order valence-electron chi connectivity index (χ0n) is 11.3. The van der Waals surface area contributed by atoms with Crippen molar-refractivity contribution in [2.24, 2.45) is 0 Å². The Hall–Kier alpha value is -1.47. The fourth-order valence-electron chi connectivity index (χ4n) is 1.75. The molecule has 0 saturated carbocycles. The van der Waals surface area contributed by atoms with E-state index >= 15 is 0 Å². The monoisotopic (exact) mass is 304 g/mol. The lowest BCUT2D eigenvalue weighted by Crippen LogP contribution is -2.12. The van der Waals surface area contributed by atoms with Crippen molar-refractivity contribution in [2.75, 3.05) is 19.5 Å². The van der Waals surface area contributed by atoms with Crippen LogP contribution in [-0.4, -0.2) is 39.0 Å². The van der Waals surface area contributed by atoms with E-state index in [-0.39, 0.29) is 21.8 Å². The number of benzene rings is 1. The van der Waals surface area contributed by atoms with E-state index in [0.29, 0.717) is 19.4 Å². The van der Waals surface area contributed by atoms with E-state index in [4.69, 9.17) is 9.84 Å². The molecule has 1 aromatic rings. The van der Waals surface area contributed by atoms with Crippen molar-refractivity contribution < 1.29 is 27.4 Å². The zero-order chi connectivity index (χ0) is 15.3. The molecule has 0 atom stereocenters. The molecule has 0 aliphatic carbocycles. The van der Waals surface area contributed by atoms with Crippen molar-refractivity contribution in [3.63, 3.8) is 0 Å². The van der Waals surface area contributed by atoms with Crippen molar-refractivity contribution in [1.82, 2.24) is 0 Å². The van der Waals surface area contributed by atoms with E-state index in [1.54, 1.807) is 0 Å². The first-order valence-corrected chi connectivity index (χ1v) is 7.70. The first-order valence-electron chi connectivity index (χ1n) is 6.04. The second kappa shape index (κ2) is 6.81. The maximum absolute atomic E-state index is 13.6. The maximum atomic E-state index is 13.6. The lowest BCUT2D eigenvalue weighted by molar-refractivity contribution is 0.0696. The van der Waals surface area contributed by atoms with Crippen LogP contribution < -0.4 is 0 Å². The highest BCUT2D eigenvalue weighted by atomic mass is 32.2. The van der Waals surface area contributed by atoms with E-state index in [1.807, 2.05) is 0 Å². The molecule has 0 aromatic heterocycles. The van der Waals surface area contributed by atoms with Crippen LogP contribution in [0, 0.1) is 12.7 Å². The van der Waals surface area contributed by atoms with Crippen LogP contribution in [0.1, 0.15) is 28.8 Å². The summed E-state index contributed by atoms with van der Waals surface area (Å²) in [5, 5.41) is 8.86. The molecule has 0 fully saturated rings. The summed E-state index contributed by atoms with van der Waals surface area (Å²) in [4.78, 5) is 10.6. The molecular weight excluding hydrogens is 287 g/mol. The SMILES string of the molecule is COCCCCS(=O)(=O)c1cc(C(=O)O)cc(F)c1C. The highest BCUT2D eigenvalue weighted by Gasteiger charge is 2.21. The number of methoxy groups -OCH3 is 1. The van der Waals surface area contributed by atoms with Gasteiger partial charge in [-0.15, -0.1) is 0 Å². The maximum Gasteiger partial charge on any atom is 0.335 e. The molecule has 0 unspecified atom stereocenters. The second-order valence-electron chi connectivity index (χ2n) is 4.41. The van der Waals surface area contributed by atoms with Crippen molar-refractivity contribution in [3.05, 3.63) is 29.1 Å². The van der Waals surface area contributed by atoms with Crippen LogP contribution in [0.4, 0.5) is 4.39 Å². The number of aromatic carboxylic acids is 1. The number of carbonyl (C=O) groups is 1. The Labute approximate surface area is 117 Å². The van der Waals surface area contributed by atoms with Gasteiger partial charge in [0, 0.05) is 19.3 Å². The van der Waals surface area contributed by atoms with Crippen molar-refractivity contribution >= 4 is 15.8 Å². The molecule has 1 rings (SSSR count). The van der Waals surface area contributed by atoms with Gasteiger partial charge in [-0.25, -0.2) is 17.6 Å². The first kappa shape index (κ1) is 16.6.